The minimum atomic E-state index is -0.715. The number of nitrogens with one attached hydrogen (secondary N) is 1. The van der Waals surface area contributed by atoms with Gasteiger partial charge in [-0.05, 0) is 43.4 Å². The first-order chi connectivity index (χ1) is 10.9. The van der Waals surface area contributed by atoms with Gasteiger partial charge in [0, 0.05) is 23.8 Å². The van der Waals surface area contributed by atoms with Crippen LogP contribution in [-0.4, -0.2) is 41.5 Å². The lowest BCUT2D eigenvalue weighted by molar-refractivity contribution is -0.149. The van der Waals surface area contributed by atoms with Gasteiger partial charge in [-0.25, -0.2) is 0 Å². The van der Waals surface area contributed by atoms with Gasteiger partial charge in [0.15, 0.2) is 0 Å². The Morgan fingerprint density at radius 1 is 1.46 bits per heavy atom. The van der Waals surface area contributed by atoms with E-state index in [9.17, 15) is 14.7 Å². The fourth-order valence-corrected chi connectivity index (χ4v) is 4.12. The van der Waals surface area contributed by atoms with E-state index in [1.165, 1.54) is 0 Å². The van der Waals surface area contributed by atoms with Gasteiger partial charge in [-0.3, -0.25) is 14.5 Å². The smallest absolute Gasteiger partial charge is 0.311 e. The summed E-state index contributed by atoms with van der Waals surface area (Å²) in [5, 5.41) is 13.0. The monoisotopic (exact) mass is 372 g/mol. The highest BCUT2D eigenvalue weighted by molar-refractivity contribution is 6.31. The van der Waals surface area contributed by atoms with Crippen LogP contribution in [0, 0.1) is 18.3 Å². The number of amides is 1. The number of hydrogen-bond donors (Lipinski definition) is 2. The Balaban J connectivity index is 0.00000208. The molecule has 2 aliphatic rings. The quantitative estimate of drug-likeness (QED) is 0.851. The molecule has 1 aliphatic carbocycles. The molecule has 1 heterocycles. The molecular weight excluding hydrogens is 351 g/mol. The third kappa shape index (κ3) is 3.53. The maximum Gasteiger partial charge on any atom is 0.311 e. The van der Waals surface area contributed by atoms with E-state index in [-0.39, 0.29) is 30.8 Å². The first-order valence-electron chi connectivity index (χ1n) is 7.92. The van der Waals surface area contributed by atoms with Crippen molar-refractivity contribution in [3.63, 3.8) is 0 Å². The van der Waals surface area contributed by atoms with E-state index in [0.29, 0.717) is 23.8 Å². The molecule has 1 amide bonds. The Bertz CT molecular complexity index is 653. The van der Waals surface area contributed by atoms with Gasteiger partial charge < -0.3 is 10.4 Å². The van der Waals surface area contributed by atoms with Crippen molar-refractivity contribution in [3.8, 4) is 0 Å². The number of rotatable bonds is 4. The van der Waals surface area contributed by atoms with Crippen molar-refractivity contribution >= 4 is 41.6 Å². The summed E-state index contributed by atoms with van der Waals surface area (Å²) in [5.74, 6) is -0.680. The fourth-order valence-electron chi connectivity index (χ4n) is 3.94. The van der Waals surface area contributed by atoms with Crippen molar-refractivity contribution in [3.05, 3.63) is 28.8 Å². The molecule has 2 N–H and O–H groups in total. The first kappa shape index (κ1) is 19.0. The highest BCUT2D eigenvalue weighted by atomic mass is 35.5. The second-order valence-electron chi connectivity index (χ2n) is 6.73. The van der Waals surface area contributed by atoms with E-state index >= 15 is 0 Å². The largest absolute Gasteiger partial charge is 0.481 e. The SMILES string of the molecule is Cc1ccc(NC(=O)CN2C[C@@H]3CCC[C@@]3(C(=O)O)C2)cc1Cl.Cl. The standard InChI is InChI=1S/C17H21ClN2O3.ClH/c1-11-4-5-13(7-14(11)18)19-15(21)9-20-8-12-3-2-6-17(12,10-20)16(22)23;/h4-5,7,12H,2-3,6,8-10H2,1H3,(H,19,21)(H,22,23);1H/t12-,17+;/m0./s1. The van der Waals surface area contributed by atoms with Crippen LogP contribution in [-0.2, 0) is 9.59 Å². The lowest BCUT2D eigenvalue weighted by Crippen LogP contribution is -2.37. The summed E-state index contributed by atoms with van der Waals surface area (Å²) in [6.07, 6.45) is 2.63. The number of anilines is 1. The van der Waals surface area contributed by atoms with Crippen LogP contribution < -0.4 is 5.32 Å². The molecule has 3 rings (SSSR count). The second-order valence-corrected chi connectivity index (χ2v) is 7.14. The Hall–Kier alpha value is -1.30. The Labute approximate surface area is 152 Å². The lowest BCUT2D eigenvalue weighted by Gasteiger charge is -2.23. The van der Waals surface area contributed by atoms with Gasteiger partial charge in [-0.2, -0.15) is 0 Å². The molecule has 0 radical (unpaired) electrons. The van der Waals surface area contributed by atoms with Gasteiger partial charge in [0.05, 0.1) is 12.0 Å². The topological polar surface area (TPSA) is 69.6 Å². The predicted octanol–water partition coefficient (Wildman–Crippen LogP) is 3.20. The zero-order valence-electron chi connectivity index (χ0n) is 13.5. The summed E-state index contributed by atoms with van der Waals surface area (Å²) in [6, 6.07) is 5.40. The number of aryl methyl sites for hydroxylation is 1. The Kier molecular flexibility index (Phi) is 5.78. The zero-order chi connectivity index (χ0) is 16.6. The maximum atomic E-state index is 12.2. The van der Waals surface area contributed by atoms with E-state index < -0.39 is 11.4 Å². The average Bonchev–Trinajstić information content (AvgIpc) is 3.00. The van der Waals surface area contributed by atoms with Crippen LogP contribution in [0.1, 0.15) is 24.8 Å². The molecule has 132 valence electrons. The number of carbonyl (C=O) groups is 2. The summed E-state index contributed by atoms with van der Waals surface area (Å²) in [4.78, 5) is 25.8. The summed E-state index contributed by atoms with van der Waals surface area (Å²) in [7, 11) is 0. The van der Waals surface area contributed by atoms with Crippen LogP contribution in [0.15, 0.2) is 18.2 Å². The average molecular weight is 373 g/mol. The van der Waals surface area contributed by atoms with Crippen LogP contribution in [0.3, 0.4) is 0 Å². The maximum absolute atomic E-state index is 12.2. The number of benzene rings is 1. The van der Waals surface area contributed by atoms with Crippen LogP contribution in [0.2, 0.25) is 5.02 Å². The molecule has 0 aromatic heterocycles. The number of fused-ring (bicyclic) bond motifs is 1. The zero-order valence-corrected chi connectivity index (χ0v) is 15.1. The molecule has 24 heavy (non-hydrogen) atoms. The highest BCUT2D eigenvalue weighted by Gasteiger charge is 2.54. The fraction of sp³-hybridized carbons (Fsp3) is 0.529. The van der Waals surface area contributed by atoms with Gasteiger partial charge >= 0.3 is 5.97 Å². The molecule has 2 atom stereocenters. The summed E-state index contributed by atoms with van der Waals surface area (Å²) in [6.45, 7) is 3.28. The number of carboxylic acids is 1. The number of carboxylic acid groups (broad SMARTS) is 1. The van der Waals surface area contributed by atoms with Crippen molar-refractivity contribution in [1.29, 1.82) is 0 Å². The highest BCUT2D eigenvalue weighted by Crippen LogP contribution is 2.48. The molecule has 0 unspecified atom stereocenters. The van der Waals surface area contributed by atoms with E-state index in [0.717, 1.165) is 24.8 Å². The van der Waals surface area contributed by atoms with E-state index in [1.54, 1.807) is 6.07 Å². The van der Waals surface area contributed by atoms with E-state index in [2.05, 4.69) is 5.32 Å². The molecule has 0 bridgehead atoms. The van der Waals surface area contributed by atoms with Gasteiger partial charge in [0.1, 0.15) is 0 Å². The number of likely N-dealkylation sites (tertiary alicyclic amines) is 1. The molecule has 1 aromatic rings. The molecule has 1 aromatic carbocycles. The van der Waals surface area contributed by atoms with Crippen molar-refractivity contribution in [2.45, 2.75) is 26.2 Å². The molecule has 2 fully saturated rings. The molecule has 5 nitrogen and oxygen atoms in total. The van der Waals surface area contributed by atoms with Crippen LogP contribution in [0.4, 0.5) is 5.69 Å². The number of carbonyl (C=O) groups excluding carboxylic acids is 1. The molecule has 1 saturated heterocycles. The van der Waals surface area contributed by atoms with Crippen molar-refractivity contribution in [2.24, 2.45) is 11.3 Å². The van der Waals surface area contributed by atoms with Crippen LogP contribution in [0.5, 0.6) is 0 Å². The minimum Gasteiger partial charge on any atom is -0.481 e. The van der Waals surface area contributed by atoms with Crippen molar-refractivity contribution in [1.82, 2.24) is 4.90 Å². The van der Waals surface area contributed by atoms with Crippen LogP contribution in [0.25, 0.3) is 0 Å². The van der Waals surface area contributed by atoms with Crippen molar-refractivity contribution in [2.75, 3.05) is 25.0 Å². The first-order valence-corrected chi connectivity index (χ1v) is 8.30. The van der Waals surface area contributed by atoms with E-state index in [1.807, 2.05) is 24.0 Å². The third-order valence-corrected chi connectivity index (χ3v) is 5.60. The molecule has 0 spiro atoms. The number of aliphatic carboxylic acids is 1. The summed E-state index contributed by atoms with van der Waals surface area (Å²) >= 11 is 6.06. The molecule has 7 heteroatoms. The number of hydrogen-bond acceptors (Lipinski definition) is 3. The molecule has 1 saturated carbocycles. The van der Waals surface area contributed by atoms with Gasteiger partial charge in [0.25, 0.3) is 0 Å². The van der Waals surface area contributed by atoms with E-state index in [4.69, 9.17) is 11.6 Å². The minimum absolute atomic E-state index is 0. The summed E-state index contributed by atoms with van der Waals surface area (Å²) < 4.78 is 0. The van der Waals surface area contributed by atoms with Gasteiger partial charge in [-0.15, -0.1) is 12.4 Å². The Morgan fingerprint density at radius 3 is 2.83 bits per heavy atom. The lowest BCUT2D eigenvalue weighted by atomic mass is 9.81. The van der Waals surface area contributed by atoms with Gasteiger partial charge in [-0.1, -0.05) is 24.1 Å². The van der Waals surface area contributed by atoms with Gasteiger partial charge in [0.2, 0.25) is 5.91 Å². The molecular formula is C17H22Cl2N2O3. The van der Waals surface area contributed by atoms with Crippen molar-refractivity contribution < 1.29 is 14.7 Å². The van der Waals surface area contributed by atoms with Crippen LogP contribution >= 0.6 is 24.0 Å². The number of nitrogens with zero attached hydrogens (tertiary/aromatic N) is 1. The second kappa shape index (κ2) is 7.30. The predicted molar refractivity (Wildman–Crippen MR) is 95.9 cm³/mol. The summed E-state index contributed by atoms with van der Waals surface area (Å²) in [5.41, 5.74) is 0.978. The Morgan fingerprint density at radius 2 is 2.21 bits per heavy atom. The molecule has 1 aliphatic heterocycles. The normalized spacial score (nSPS) is 25.8. The number of halogens is 2. The third-order valence-electron chi connectivity index (χ3n) is 5.19.